The molecular formula is C23H20BClN2O7. The maximum absolute atomic E-state index is 13.6. The van der Waals surface area contributed by atoms with Gasteiger partial charge in [-0.15, -0.1) is 0 Å². The van der Waals surface area contributed by atoms with Crippen molar-refractivity contribution >= 4 is 41.9 Å². The van der Waals surface area contributed by atoms with Crippen LogP contribution < -0.4 is 4.90 Å². The van der Waals surface area contributed by atoms with E-state index in [9.17, 15) is 29.8 Å². The molecule has 2 saturated heterocycles. The number of carbonyl (C=O) groups is 2. The SMILES string of the molecule is CC1=C2B(O)O[C@H](c3ccc(O)cc3Cl)C[C@H]2[C@H]2C(=O)N(c3cccc([N+](=O)[O-])c3)C(=O)[C@H]2C1. The molecule has 2 aromatic carbocycles. The van der Waals surface area contributed by atoms with Crippen LogP contribution in [0.15, 0.2) is 53.5 Å². The van der Waals surface area contributed by atoms with E-state index in [1.807, 2.05) is 6.92 Å². The number of anilines is 1. The number of carbonyl (C=O) groups excluding carboxylic acids is 2. The topological polar surface area (TPSA) is 130 Å². The first-order valence-electron chi connectivity index (χ1n) is 10.8. The number of phenols is 1. The monoisotopic (exact) mass is 482 g/mol. The van der Waals surface area contributed by atoms with Gasteiger partial charge in [0.2, 0.25) is 11.8 Å². The van der Waals surface area contributed by atoms with Crippen LogP contribution in [0.1, 0.15) is 31.4 Å². The van der Waals surface area contributed by atoms with Crippen molar-refractivity contribution in [1.29, 1.82) is 0 Å². The van der Waals surface area contributed by atoms with Gasteiger partial charge in [-0.05, 0) is 54.9 Å². The molecule has 0 bridgehead atoms. The fraction of sp³-hybridized carbons (Fsp3) is 0.304. The zero-order valence-corrected chi connectivity index (χ0v) is 18.8. The zero-order valence-electron chi connectivity index (χ0n) is 18.1. The summed E-state index contributed by atoms with van der Waals surface area (Å²) in [6.07, 6.45) is -0.0625. The van der Waals surface area contributed by atoms with Gasteiger partial charge in [0.05, 0.1) is 28.6 Å². The van der Waals surface area contributed by atoms with Crippen molar-refractivity contribution in [2.75, 3.05) is 4.90 Å². The van der Waals surface area contributed by atoms with Gasteiger partial charge in [0, 0.05) is 17.2 Å². The van der Waals surface area contributed by atoms with E-state index >= 15 is 0 Å². The molecule has 0 radical (unpaired) electrons. The standard InChI is InChI=1S/C23H20BClN2O7/c1-11-7-17-20(23(30)26(22(17)29)12-3-2-4-13(8-12)27(32)33)16-10-19(34-24(31)21(11)16)15-6-5-14(28)9-18(15)25/h2-6,8-9,16-17,19-20,28,31H,7,10H2,1H3/t16-,17-,19-,20+/m0/s1. The molecule has 11 heteroatoms. The van der Waals surface area contributed by atoms with E-state index in [2.05, 4.69) is 0 Å². The van der Waals surface area contributed by atoms with Gasteiger partial charge in [-0.3, -0.25) is 19.7 Å². The minimum absolute atomic E-state index is 0.0107. The van der Waals surface area contributed by atoms with Crippen molar-refractivity contribution in [3.8, 4) is 5.75 Å². The summed E-state index contributed by atoms with van der Waals surface area (Å²) < 4.78 is 5.84. The summed E-state index contributed by atoms with van der Waals surface area (Å²) >= 11 is 6.30. The Morgan fingerprint density at radius 3 is 2.65 bits per heavy atom. The zero-order chi connectivity index (χ0) is 24.3. The molecule has 2 fully saturated rings. The number of nitrogens with zero attached hydrogens (tertiary/aromatic N) is 2. The molecule has 2 heterocycles. The van der Waals surface area contributed by atoms with E-state index < -0.39 is 47.7 Å². The van der Waals surface area contributed by atoms with Crippen LogP contribution >= 0.6 is 11.6 Å². The van der Waals surface area contributed by atoms with Gasteiger partial charge in [-0.1, -0.05) is 29.3 Å². The Kier molecular flexibility index (Phi) is 5.46. The number of halogens is 1. The highest BCUT2D eigenvalue weighted by atomic mass is 35.5. The van der Waals surface area contributed by atoms with Gasteiger partial charge in [-0.25, -0.2) is 4.90 Å². The van der Waals surface area contributed by atoms with Gasteiger partial charge in [0.1, 0.15) is 5.75 Å². The highest BCUT2D eigenvalue weighted by Gasteiger charge is 2.57. The van der Waals surface area contributed by atoms with Gasteiger partial charge in [0.15, 0.2) is 0 Å². The number of imide groups is 1. The average Bonchev–Trinajstić information content (AvgIpc) is 3.03. The lowest BCUT2D eigenvalue weighted by molar-refractivity contribution is -0.384. The van der Waals surface area contributed by atoms with Crippen LogP contribution in [-0.2, 0) is 14.2 Å². The number of nitro groups is 1. The Morgan fingerprint density at radius 2 is 1.94 bits per heavy atom. The first-order valence-corrected chi connectivity index (χ1v) is 11.2. The Balaban J connectivity index is 1.52. The summed E-state index contributed by atoms with van der Waals surface area (Å²) in [4.78, 5) is 38.6. The van der Waals surface area contributed by atoms with Crippen LogP contribution in [0, 0.1) is 27.9 Å². The van der Waals surface area contributed by atoms with E-state index in [1.165, 1.54) is 36.4 Å². The van der Waals surface area contributed by atoms with Crippen LogP contribution in [0.3, 0.4) is 0 Å². The fourth-order valence-electron chi connectivity index (χ4n) is 5.53. The van der Waals surface area contributed by atoms with Crippen molar-refractivity contribution in [3.05, 3.63) is 74.2 Å². The average molecular weight is 483 g/mol. The number of nitro benzene ring substituents is 1. The molecule has 174 valence electrons. The molecule has 34 heavy (non-hydrogen) atoms. The lowest BCUT2D eigenvalue weighted by Gasteiger charge is -2.41. The van der Waals surface area contributed by atoms with Crippen LogP contribution in [0.25, 0.3) is 0 Å². The molecule has 2 aliphatic heterocycles. The summed E-state index contributed by atoms with van der Waals surface area (Å²) in [7, 11) is -1.27. The highest BCUT2D eigenvalue weighted by molar-refractivity contribution is 6.53. The number of allylic oxidation sites excluding steroid dienone is 2. The molecule has 2 N–H and O–H groups in total. The summed E-state index contributed by atoms with van der Waals surface area (Å²) in [5, 5.41) is 32.0. The first-order chi connectivity index (χ1) is 16.2. The van der Waals surface area contributed by atoms with Crippen molar-refractivity contribution in [2.45, 2.75) is 25.9 Å². The van der Waals surface area contributed by atoms with Gasteiger partial charge in [-0.2, -0.15) is 0 Å². The molecule has 5 rings (SSSR count). The van der Waals surface area contributed by atoms with Crippen molar-refractivity contribution in [1.82, 2.24) is 0 Å². The lowest BCUT2D eigenvalue weighted by atomic mass is 9.55. The second-order valence-corrected chi connectivity index (χ2v) is 9.29. The maximum Gasteiger partial charge on any atom is 0.487 e. The number of rotatable bonds is 3. The molecule has 0 saturated carbocycles. The highest BCUT2D eigenvalue weighted by Crippen LogP contribution is 2.52. The summed E-state index contributed by atoms with van der Waals surface area (Å²) in [6, 6.07) is 9.89. The molecule has 9 nitrogen and oxygen atoms in total. The van der Waals surface area contributed by atoms with E-state index in [-0.39, 0.29) is 28.6 Å². The quantitative estimate of drug-likeness (QED) is 0.296. The Labute approximate surface area is 199 Å². The number of fused-ring (bicyclic) bond motifs is 3. The van der Waals surface area contributed by atoms with Crippen LogP contribution in [0.5, 0.6) is 5.75 Å². The van der Waals surface area contributed by atoms with Crippen LogP contribution in [0.2, 0.25) is 5.02 Å². The van der Waals surface area contributed by atoms with Gasteiger partial charge >= 0.3 is 7.12 Å². The molecule has 3 aliphatic rings. The van der Waals surface area contributed by atoms with E-state index in [0.29, 0.717) is 17.5 Å². The third-order valence-electron chi connectivity index (χ3n) is 6.99. The summed E-state index contributed by atoms with van der Waals surface area (Å²) in [5.41, 5.74) is 1.88. The van der Waals surface area contributed by atoms with Crippen LogP contribution in [0.4, 0.5) is 11.4 Å². The molecule has 1 aliphatic carbocycles. The molecule has 4 atom stereocenters. The van der Waals surface area contributed by atoms with E-state index in [0.717, 1.165) is 10.5 Å². The number of non-ortho nitro benzene ring substituents is 1. The fourth-order valence-corrected chi connectivity index (χ4v) is 5.83. The molecule has 0 aromatic heterocycles. The minimum atomic E-state index is -1.27. The second-order valence-electron chi connectivity index (χ2n) is 8.89. The Hall–Kier alpha value is -3.21. The third-order valence-corrected chi connectivity index (χ3v) is 7.31. The number of benzene rings is 2. The molecule has 2 amide bonds. The Bertz CT molecular complexity index is 1270. The van der Waals surface area contributed by atoms with Crippen molar-refractivity contribution < 1.29 is 29.3 Å². The first kappa shape index (κ1) is 22.6. The van der Waals surface area contributed by atoms with E-state index in [4.69, 9.17) is 16.3 Å². The summed E-state index contributed by atoms with van der Waals surface area (Å²) in [5.74, 6) is -2.71. The maximum atomic E-state index is 13.6. The molecule has 0 unspecified atom stereocenters. The number of amides is 2. The number of phenolic OH excluding ortho intramolecular Hbond substituents is 1. The minimum Gasteiger partial charge on any atom is -0.508 e. The predicted molar refractivity (Wildman–Crippen MR) is 123 cm³/mol. The Morgan fingerprint density at radius 1 is 1.18 bits per heavy atom. The van der Waals surface area contributed by atoms with Gasteiger partial charge in [0.25, 0.3) is 5.69 Å². The third kappa shape index (κ3) is 3.49. The summed E-state index contributed by atoms with van der Waals surface area (Å²) in [6.45, 7) is 1.81. The van der Waals surface area contributed by atoms with Crippen molar-refractivity contribution in [3.63, 3.8) is 0 Å². The molecular weight excluding hydrogens is 463 g/mol. The predicted octanol–water partition coefficient (Wildman–Crippen LogP) is 3.58. The smallest absolute Gasteiger partial charge is 0.487 e. The molecule has 2 aromatic rings. The number of hydrogen-bond acceptors (Lipinski definition) is 7. The number of hydrogen-bond donors (Lipinski definition) is 2. The second kappa shape index (κ2) is 8.23. The normalized spacial score (nSPS) is 26.6. The van der Waals surface area contributed by atoms with E-state index in [1.54, 1.807) is 6.07 Å². The lowest BCUT2D eigenvalue weighted by Crippen LogP contribution is -2.44. The molecule has 0 spiro atoms. The van der Waals surface area contributed by atoms with Gasteiger partial charge < -0.3 is 14.8 Å². The van der Waals surface area contributed by atoms with Crippen LogP contribution in [-0.4, -0.2) is 34.0 Å². The largest absolute Gasteiger partial charge is 0.508 e. The van der Waals surface area contributed by atoms with Crippen molar-refractivity contribution in [2.24, 2.45) is 17.8 Å². The number of aromatic hydroxyl groups is 1.